The molecule has 18 heavy (non-hydrogen) atoms. The SMILES string of the molecule is C[N]S(=O)(=O)C(F)(F)C(F)(F)C(F)(F)C(F)(F)F. The van der Waals surface area contributed by atoms with Gasteiger partial charge < -0.3 is 0 Å². The van der Waals surface area contributed by atoms with Gasteiger partial charge in [-0.1, -0.05) is 0 Å². The van der Waals surface area contributed by atoms with Crippen molar-refractivity contribution >= 4 is 10.0 Å². The van der Waals surface area contributed by atoms with Gasteiger partial charge >= 0.3 is 23.3 Å². The Morgan fingerprint density at radius 1 is 0.778 bits per heavy atom. The van der Waals surface area contributed by atoms with Gasteiger partial charge in [0.1, 0.15) is 0 Å². The summed E-state index contributed by atoms with van der Waals surface area (Å²) in [5, 5.41) is -6.71. The molecule has 0 aliphatic rings. The Kier molecular flexibility index (Phi) is 3.98. The molecule has 0 unspecified atom stereocenters. The van der Waals surface area contributed by atoms with E-state index in [2.05, 4.69) is 0 Å². The average Bonchev–Trinajstić information content (AvgIpc) is 2.15. The zero-order valence-electron chi connectivity index (χ0n) is 8.07. The van der Waals surface area contributed by atoms with Crippen molar-refractivity contribution < 1.29 is 47.9 Å². The summed E-state index contributed by atoms with van der Waals surface area (Å²) in [7, 11) is -6.52. The van der Waals surface area contributed by atoms with Crippen molar-refractivity contribution in [1.29, 1.82) is 0 Å². The fraction of sp³-hybridized carbons (Fsp3) is 1.00. The van der Waals surface area contributed by atoms with Crippen LogP contribution in [-0.2, 0) is 10.0 Å². The second kappa shape index (κ2) is 4.15. The minimum Gasteiger partial charge on any atom is -0.204 e. The van der Waals surface area contributed by atoms with E-state index < -0.39 is 33.3 Å². The number of hydrogen-bond acceptors (Lipinski definition) is 2. The van der Waals surface area contributed by atoms with Crippen LogP contribution < -0.4 is 4.72 Å². The molecule has 0 atom stereocenters. The maximum Gasteiger partial charge on any atom is 0.460 e. The third-order valence-corrected chi connectivity index (χ3v) is 3.07. The van der Waals surface area contributed by atoms with Gasteiger partial charge in [-0.25, -0.2) is 8.42 Å². The first-order chi connectivity index (χ1) is 7.56. The molecule has 0 amide bonds. The van der Waals surface area contributed by atoms with Crippen molar-refractivity contribution in [3.05, 3.63) is 0 Å². The molecule has 0 N–H and O–H groups in total. The lowest BCUT2D eigenvalue weighted by atomic mass is 10.1. The molecule has 0 aromatic heterocycles. The van der Waals surface area contributed by atoms with Crippen molar-refractivity contribution in [1.82, 2.24) is 4.72 Å². The highest BCUT2D eigenvalue weighted by Crippen LogP contribution is 2.54. The number of sulfonamides is 1. The number of nitrogens with zero attached hydrogens (tertiary/aromatic N) is 1. The van der Waals surface area contributed by atoms with E-state index >= 15 is 0 Å². The van der Waals surface area contributed by atoms with Crippen LogP contribution in [0.2, 0.25) is 0 Å². The maximum atomic E-state index is 12.6. The summed E-state index contributed by atoms with van der Waals surface area (Å²) in [5.41, 5.74) is 0. The fourth-order valence-corrected chi connectivity index (χ4v) is 1.32. The van der Waals surface area contributed by atoms with Crippen LogP contribution in [0.25, 0.3) is 0 Å². The highest BCUT2D eigenvalue weighted by Gasteiger charge is 2.85. The van der Waals surface area contributed by atoms with E-state index in [1.807, 2.05) is 0 Å². The largest absolute Gasteiger partial charge is 0.460 e. The monoisotopic (exact) mass is 312 g/mol. The number of rotatable bonds is 4. The average molecular weight is 312 g/mol. The van der Waals surface area contributed by atoms with Crippen LogP contribution in [0.15, 0.2) is 0 Å². The Labute approximate surface area is 94.0 Å². The maximum absolute atomic E-state index is 12.6. The van der Waals surface area contributed by atoms with Crippen molar-refractivity contribution in [3.63, 3.8) is 0 Å². The first-order valence-corrected chi connectivity index (χ1v) is 5.06. The van der Waals surface area contributed by atoms with Gasteiger partial charge in [0.15, 0.2) is 0 Å². The van der Waals surface area contributed by atoms with Crippen LogP contribution in [0.4, 0.5) is 39.5 Å². The van der Waals surface area contributed by atoms with Crippen molar-refractivity contribution in [2.24, 2.45) is 0 Å². The van der Waals surface area contributed by atoms with Gasteiger partial charge in [-0.15, -0.1) is 4.72 Å². The first kappa shape index (κ1) is 17.3. The third kappa shape index (κ3) is 2.13. The van der Waals surface area contributed by atoms with Gasteiger partial charge in [-0.2, -0.15) is 39.5 Å². The standard InChI is InChI=1S/C5H3F9NO2S/c1-15-18(16,17)5(13,14)3(8,9)2(6,7)4(10,11)12/h1H3. The van der Waals surface area contributed by atoms with Gasteiger partial charge in [-0.05, 0) is 0 Å². The summed E-state index contributed by atoms with van der Waals surface area (Å²) in [6, 6.07) is 0. The van der Waals surface area contributed by atoms with E-state index in [1.165, 1.54) is 0 Å². The lowest BCUT2D eigenvalue weighted by Crippen LogP contribution is -2.64. The number of halogens is 9. The molecular weight excluding hydrogens is 309 g/mol. The zero-order valence-corrected chi connectivity index (χ0v) is 8.89. The van der Waals surface area contributed by atoms with Crippen LogP contribution in [0.1, 0.15) is 0 Å². The van der Waals surface area contributed by atoms with Crippen molar-refractivity contribution in [2.45, 2.75) is 23.3 Å². The molecule has 0 aromatic carbocycles. The van der Waals surface area contributed by atoms with Gasteiger partial charge in [0.05, 0.1) is 0 Å². The van der Waals surface area contributed by atoms with Gasteiger partial charge in [-0.3, -0.25) is 0 Å². The summed E-state index contributed by atoms with van der Waals surface area (Å²) >= 11 is 0. The molecule has 0 aliphatic carbocycles. The first-order valence-electron chi connectivity index (χ1n) is 3.62. The summed E-state index contributed by atoms with van der Waals surface area (Å²) in [5.74, 6) is -14.5. The van der Waals surface area contributed by atoms with E-state index in [1.54, 1.807) is 4.72 Å². The molecule has 0 spiro atoms. The highest BCUT2D eigenvalue weighted by molar-refractivity contribution is 7.90. The molecule has 1 radical (unpaired) electrons. The second-order valence-corrected chi connectivity index (χ2v) is 4.65. The summed E-state index contributed by atoms with van der Waals surface area (Å²) < 4.78 is 132. The molecule has 0 rings (SSSR count). The molecule has 0 saturated carbocycles. The van der Waals surface area contributed by atoms with Crippen LogP contribution in [0, 0.1) is 0 Å². The van der Waals surface area contributed by atoms with E-state index in [4.69, 9.17) is 0 Å². The Hall–Kier alpha value is -0.720. The van der Waals surface area contributed by atoms with Gasteiger partial charge in [0.2, 0.25) is 0 Å². The molecule has 0 aromatic rings. The van der Waals surface area contributed by atoms with Crippen LogP contribution >= 0.6 is 0 Å². The fourth-order valence-electron chi connectivity index (χ4n) is 0.637. The molecule has 0 heterocycles. The van der Waals surface area contributed by atoms with Crippen LogP contribution in [0.5, 0.6) is 0 Å². The molecular formula is C5H3F9NO2S. The van der Waals surface area contributed by atoms with E-state index in [9.17, 15) is 47.9 Å². The molecule has 13 heteroatoms. The molecule has 109 valence electrons. The smallest absolute Gasteiger partial charge is 0.204 e. The van der Waals surface area contributed by atoms with E-state index in [-0.39, 0.29) is 7.05 Å². The molecule has 3 nitrogen and oxygen atoms in total. The lowest BCUT2D eigenvalue weighted by Gasteiger charge is -2.32. The Morgan fingerprint density at radius 2 is 1.11 bits per heavy atom. The van der Waals surface area contributed by atoms with Crippen LogP contribution in [0.3, 0.4) is 0 Å². The minimum atomic E-state index is -7.25. The van der Waals surface area contributed by atoms with Crippen LogP contribution in [-0.4, -0.2) is 38.7 Å². The second-order valence-electron chi connectivity index (χ2n) is 2.82. The van der Waals surface area contributed by atoms with Gasteiger partial charge in [0, 0.05) is 7.05 Å². The predicted octanol–water partition coefficient (Wildman–Crippen LogP) is 1.98. The minimum absolute atomic E-state index is 0.0189. The Bertz CT molecular complexity index is 411. The lowest BCUT2D eigenvalue weighted by molar-refractivity contribution is -0.382. The quantitative estimate of drug-likeness (QED) is 0.745. The van der Waals surface area contributed by atoms with E-state index in [0.29, 0.717) is 0 Å². The van der Waals surface area contributed by atoms with Crippen molar-refractivity contribution in [3.8, 4) is 0 Å². The third-order valence-electron chi connectivity index (χ3n) is 1.68. The topological polar surface area (TPSA) is 48.2 Å². The molecule has 0 fully saturated rings. The summed E-state index contributed by atoms with van der Waals surface area (Å²) in [6.07, 6.45) is -7.07. The molecule has 0 saturated heterocycles. The molecule has 0 bridgehead atoms. The normalized spacial score (nSPS) is 15.9. The highest BCUT2D eigenvalue weighted by atomic mass is 32.2. The van der Waals surface area contributed by atoms with Gasteiger partial charge in [0.25, 0.3) is 10.0 Å². The summed E-state index contributed by atoms with van der Waals surface area (Å²) in [4.78, 5) is 0. The van der Waals surface area contributed by atoms with Crippen molar-refractivity contribution in [2.75, 3.05) is 7.05 Å². The summed E-state index contributed by atoms with van der Waals surface area (Å²) in [6.45, 7) is 0. The zero-order chi connectivity index (χ0) is 15.2. The Balaban J connectivity index is 5.96. The Morgan fingerprint density at radius 3 is 1.33 bits per heavy atom. The number of hydrogen-bond donors (Lipinski definition) is 0. The predicted molar refractivity (Wildman–Crippen MR) is 37.9 cm³/mol. The number of alkyl halides is 9. The van der Waals surface area contributed by atoms with E-state index in [0.717, 1.165) is 0 Å². The molecule has 0 aliphatic heterocycles.